The largest absolute Gasteiger partial charge is 0.325 e. The van der Waals surface area contributed by atoms with Crippen molar-refractivity contribution in [2.45, 2.75) is 45.1 Å². The molecule has 3 saturated carbocycles. The van der Waals surface area contributed by atoms with Gasteiger partial charge in [0.1, 0.15) is 0 Å². The summed E-state index contributed by atoms with van der Waals surface area (Å²) < 4.78 is 0. The molecule has 2 N–H and O–H groups in total. The van der Waals surface area contributed by atoms with Gasteiger partial charge in [0, 0.05) is 5.54 Å². The maximum Gasteiger partial charge on any atom is 0.0211 e. The van der Waals surface area contributed by atoms with E-state index in [1.54, 1.807) is 0 Å². The molecule has 0 aromatic heterocycles. The predicted octanol–water partition coefficient (Wildman–Crippen LogP) is 1.91. The fraction of sp³-hybridized carbons (Fsp3) is 1.00. The summed E-state index contributed by atoms with van der Waals surface area (Å²) in [4.78, 5) is 0. The molecule has 0 aromatic rings. The Labute approximate surface area is 63.0 Å². The minimum Gasteiger partial charge on any atom is -0.325 e. The maximum atomic E-state index is 6.22. The van der Waals surface area contributed by atoms with Crippen LogP contribution in [0.25, 0.3) is 0 Å². The van der Waals surface area contributed by atoms with Gasteiger partial charge < -0.3 is 5.73 Å². The molecule has 0 amide bonds. The molecule has 0 aliphatic heterocycles. The van der Waals surface area contributed by atoms with Gasteiger partial charge in [0.2, 0.25) is 0 Å². The molecule has 2 unspecified atom stereocenters. The first-order chi connectivity index (χ1) is 4.56. The average molecular weight is 139 g/mol. The zero-order chi connectivity index (χ0) is 7.41. The molecule has 1 heteroatoms. The van der Waals surface area contributed by atoms with Crippen molar-refractivity contribution in [2.24, 2.45) is 17.1 Å². The summed E-state index contributed by atoms with van der Waals surface area (Å²) in [5.74, 6) is 0.936. The SMILES string of the molecule is CC1(C)C2CCCC1(N)C2. The number of hydrogen-bond acceptors (Lipinski definition) is 1. The van der Waals surface area contributed by atoms with Crippen LogP contribution in [0.1, 0.15) is 39.5 Å². The number of fused-ring (bicyclic) bond motifs is 2. The first-order valence-electron chi connectivity index (χ1n) is 4.35. The maximum absolute atomic E-state index is 6.22. The van der Waals surface area contributed by atoms with Crippen molar-refractivity contribution >= 4 is 0 Å². The number of rotatable bonds is 0. The van der Waals surface area contributed by atoms with E-state index in [4.69, 9.17) is 5.73 Å². The van der Waals surface area contributed by atoms with Gasteiger partial charge in [-0.2, -0.15) is 0 Å². The summed E-state index contributed by atoms with van der Waals surface area (Å²) in [5, 5.41) is 0. The van der Waals surface area contributed by atoms with E-state index < -0.39 is 0 Å². The second-order valence-corrected chi connectivity index (χ2v) is 4.67. The summed E-state index contributed by atoms with van der Waals surface area (Å²) in [7, 11) is 0. The summed E-state index contributed by atoms with van der Waals surface area (Å²) in [6.07, 6.45) is 5.34. The Morgan fingerprint density at radius 3 is 2.40 bits per heavy atom. The molecule has 10 heavy (non-hydrogen) atoms. The van der Waals surface area contributed by atoms with E-state index >= 15 is 0 Å². The van der Waals surface area contributed by atoms with Crippen LogP contribution in [0, 0.1) is 11.3 Å². The van der Waals surface area contributed by atoms with Crippen molar-refractivity contribution in [2.75, 3.05) is 0 Å². The zero-order valence-corrected chi connectivity index (χ0v) is 6.98. The highest BCUT2D eigenvalue weighted by molar-refractivity contribution is 5.14. The lowest BCUT2D eigenvalue weighted by atomic mass is 9.44. The van der Waals surface area contributed by atoms with E-state index in [-0.39, 0.29) is 5.54 Å². The smallest absolute Gasteiger partial charge is 0.0211 e. The van der Waals surface area contributed by atoms with Gasteiger partial charge in [-0.25, -0.2) is 0 Å². The topological polar surface area (TPSA) is 26.0 Å². The van der Waals surface area contributed by atoms with Crippen molar-refractivity contribution in [3.05, 3.63) is 0 Å². The highest BCUT2D eigenvalue weighted by Gasteiger charge is 2.58. The van der Waals surface area contributed by atoms with Crippen LogP contribution in [0.3, 0.4) is 0 Å². The van der Waals surface area contributed by atoms with Crippen LogP contribution in [0.5, 0.6) is 0 Å². The van der Waals surface area contributed by atoms with Gasteiger partial charge in [-0.15, -0.1) is 0 Å². The van der Waals surface area contributed by atoms with E-state index in [0.717, 1.165) is 5.92 Å². The van der Waals surface area contributed by atoms with Crippen LogP contribution in [0.4, 0.5) is 0 Å². The highest BCUT2D eigenvalue weighted by atomic mass is 14.9. The molecule has 3 rings (SSSR count). The Hall–Kier alpha value is -0.0400. The monoisotopic (exact) mass is 139 g/mol. The van der Waals surface area contributed by atoms with Crippen molar-refractivity contribution < 1.29 is 0 Å². The average Bonchev–Trinajstić information content (AvgIpc) is 1.88. The van der Waals surface area contributed by atoms with Crippen molar-refractivity contribution in [3.63, 3.8) is 0 Å². The molecule has 3 aliphatic carbocycles. The molecule has 2 atom stereocenters. The summed E-state index contributed by atoms with van der Waals surface area (Å²) in [5.41, 5.74) is 6.89. The Morgan fingerprint density at radius 2 is 2.10 bits per heavy atom. The summed E-state index contributed by atoms with van der Waals surface area (Å²) in [6.45, 7) is 4.67. The van der Waals surface area contributed by atoms with Crippen LogP contribution in [-0.4, -0.2) is 5.54 Å². The van der Waals surface area contributed by atoms with Crippen LogP contribution in [0.2, 0.25) is 0 Å². The Balaban J connectivity index is 2.24. The first kappa shape index (κ1) is 6.66. The Morgan fingerprint density at radius 1 is 1.40 bits per heavy atom. The summed E-state index contributed by atoms with van der Waals surface area (Å²) in [6, 6.07) is 0. The van der Waals surface area contributed by atoms with Crippen molar-refractivity contribution in [1.82, 2.24) is 0 Å². The Kier molecular flexibility index (Phi) is 1.05. The second kappa shape index (κ2) is 1.58. The molecule has 0 saturated heterocycles. The number of nitrogens with two attached hydrogens (primary N) is 1. The van der Waals surface area contributed by atoms with Gasteiger partial charge in [-0.1, -0.05) is 20.3 Å². The minimum absolute atomic E-state index is 0.218. The standard InChI is InChI=1S/C9H17N/c1-8(2)7-4-3-5-9(8,10)6-7/h7H,3-6,10H2,1-2H3. The van der Waals surface area contributed by atoms with E-state index in [2.05, 4.69) is 13.8 Å². The van der Waals surface area contributed by atoms with Gasteiger partial charge in [-0.05, 0) is 30.6 Å². The van der Waals surface area contributed by atoms with Crippen LogP contribution >= 0.6 is 0 Å². The molecule has 0 radical (unpaired) electrons. The molecule has 2 bridgehead atoms. The molecule has 3 aliphatic rings. The van der Waals surface area contributed by atoms with Crippen LogP contribution < -0.4 is 5.73 Å². The Bertz CT molecular complexity index is 155. The van der Waals surface area contributed by atoms with Crippen molar-refractivity contribution in [1.29, 1.82) is 0 Å². The van der Waals surface area contributed by atoms with Crippen LogP contribution in [0.15, 0.2) is 0 Å². The van der Waals surface area contributed by atoms with Gasteiger partial charge in [-0.3, -0.25) is 0 Å². The van der Waals surface area contributed by atoms with Crippen LogP contribution in [-0.2, 0) is 0 Å². The number of hydrogen-bond donors (Lipinski definition) is 1. The summed E-state index contributed by atoms with van der Waals surface area (Å²) >= 11 is 0. The van der Waals surface area contributed by atoms with E-state index in [1.807, 2.05) is 0 Å². The lowest BCUT2D eigenvalue weighted by Crippen LogP contribution is -2.68. The molecule has 1 nitrogen and oxygen atoms in total. The third-order valence-electron chi connectivity index (χ3n) is 4.09. The molecular weight excluding hydrogens is 122 g/mol. The second-order valence-electron chi connectivity index (χ2n) is 4.67. The fourth-order valence-electron chi connectivity index (χ4n) is 2.78. The molecule has 0 spiro atoms. The van der Waals surface area contributed by atoms with E-state index in [1.165, 1.54) is 25.7 Å². The molecule has 0 heterocycles. The lowest BCUT2D eigenvalue weighted by molar-refractivity contribution is -0.0901. The van der Waals surface area contributed by atoms with Gasteiger partial charge in [0.25, 0.3) is 0 Å². The van der Waals surface area contributed by atoms with Gasteiger partial charge in [0.05, 0.1) is 0 Å². The normalized spacial score (nSPS) is 50.1. The molecular formula is C9H17N. The fourth-order valence-corrected chi connectivity index (χ4v) is 2.78. The quantitative estimate of drug-likeness (QED) is 0.545. The predicted molar refractivity (Wildman–Crippen MR) is 42.7 cm³/mol. The lowest BCUT2D eigenvalue weighted by Gasteiger charge is -2.64. The van der Waals surface area contributed by atoms with E-state index in [9.17, 15) is 0 Å². The minimum atomic E-state index is 0.218. The highest BCUT2D eigenvalue weighted by Crippen LogP contribution is 2.60. The molecule has 58 valence electrons. The molecule has 3 fully saturated rings. The molecule has 0 aromatic carbocycles. The third kappa shape index (κ3) is 0.531. The zero-order valence-electron chi connectivity index (χ0n) is 6.98. The first-order valence-corrected chi connectivity index (χ1v) is 4.35. The van der Waals surface area contributed by atoms with Gasteiger partial charge >= 0.3 is 0 Å². The third-order valence-corrected chi connectivity index (χ3v) is 4.09. The van der Waals surface area contributed by atoms with Crippen molar-refractivity contribution in [3.8, 4) is 0 Å². The van der Waals surface area contributed by atoms with E-state index in [0.29, 0.717) is 5.41 Å². The van der Waals surface area contributed by atoms with Gasteiger partial charge in [0.15, 0.2) is 0 Å².